The molecule has 4 nitrogen and oxygen atoms in total. The first-order valence-electron chi connectivity index (χ1n) is 7.82. The smallest absolute Gasteiger partial charge is 0.193 e. The zero-order chi connectivity index (χ0) is 15.8. The Kier molecular flexibility index (Phi) is 6.25. The Balaban J connectivity index is 1.87. The molecule has 0 spiro atoms. The zero-order valence-electron chi connectivity index (χ0n) is 13.4. The van der Waals surface area contributed by atoms with Gasteiger partial charge in [0.2, 0.25) is 0 Å². The number of piperazine rings is 1. The summed E-state index contributed by atoms with van der Waals surface area (Å²) in [5, 5.41) is 3.37. The van der Waals surface area contributed by atoms with Crippen LogP contribution in [0.1, 0.15) is 13.3 Å². The lowest BCUT2D eigenvalue weighted by Crippen LogP contribution is -2.52. The number of benzene rings is 1. The number of hydrogen-bond acceptors (Lipinski definition) is 2. The van der Waals surface area contributed by atoms with Crippen molar-refractivity contribution >= 4 is 11.6 Å². The van der Waals surface area contributed by atoms with E-state index >= 15 is 0 Å². The minimum absolute atomic E-state index is 0.148. The van der Waals surface area contributed by atoms with E-state index in [0.717, 1.165) is 45.1 Å². The van der Waals surface area contributed by atoms with Gasteiger partial charge in [0.15, 0.2) is 5.96 Å². The Labute approximate surface area is 132 Å². The topological polar surface area (TPSA) is 30.9 Å². The van der Waals surface area contributed by atoms with Crippen LogP contribution in [0.25, 0.3) is 0 Å². The van der Waals surface area contributed by atoms with Crippen LogP contribution in [0.2, 0.25) is 0 Å². The second kappa shape index (κ2) is 8.41. The summed E-state index contributed by atoms with van der Waals surface area (Å²) in [6.45, 7) is 6.20. The largest absolute Gasteiger partial charge is 0.366 e. The normalized spacial score (nSPS) is 16.4. The third-order valence-corrected chi connectivity index (χ3v) is 3.81. The fourth-order valence-corrected chi connectivity index (χ4v) is 2.63. The molecule has 0 radical (unpaired) electrons. The number of halogens is 1. The standard InChI is InChI=1S/C17H25FN4/c1-3-4-7-10-20-17(19-2)22-13-11-21(12-14-22)16-9-6-5-8-15(16)18/h3-6,8-9H,7,10-14H2,1-2H3,(H,19,20)/b4-3+. The van der Waals surface area contributed by atoms with Gasteiger partial charge >= 0.3 is 0 Å². The van der Waals surface area contributed by atoms with Gasteiger partial charge in [-0.25, -0.2) is 4.39 Å². The Bertz CT molecular complexity index is 519. The summed E-state index contributed by atoms with van der Waals surface area (Å²) in [5.41, 5.74) is 0.693. The summed E-state index contributed by atoms with van der Waals surface area (Å²) < 4.78 is 13.8. The quantitative estimate of drug-likeness (QED) is 0.401. The SMILES string of the molecule is C/C=C/CCNC(=NC)N1CCN(c2ccccc2F)CC1. The highest BCUT2D eigenvalue weighted by molar-refractivity contribution is 5.80. The first-order valence-corrected chi connectivity index (χ1v) is 7.82. The molecular formula is C17H25FN4. The number of allylic oxidation sites excluding steroid dienone is 1. The van der Waals surface area contributed by atoms with Gasteiger partial charge in [0, 0.05) is 39.8 Å². The van der Waals surface area contributed by atoms with Gasteiger partial charge in [0.1, 0.15) is 5.82 Å². The highest BCUT2D eigenvalue weighted by Gasteiger charge is 2.21. The molecule has 120 valence electrons. The number of aliphatic imine (C=N–C) groups is 1. The van der Waals surface area contributed by atoms with Crippen molar-refractivity contribution in [2.75, 3.05) is 44.7 Å². The number of hydrogen-bond donors (Lipinski definition) is 1. The lowest BCUT2D eigenvalue weighted by Gasteiger charge is -2.37. The van der Waals surface area contributed by atoms with Crippen LogP contribution in [0.15, 0.2) is 41.4 Å². The molecule has 1 N–H and O–H groups in total. The van der Waals surface area contributed by atoms with Gasteiger partial charge in [-0.15, -0.1) is 0 Å². The van der Waals surface area contributed by atoms with Gasteiger partial charge in [-0.2, -0.15) is 0 Å². The molecule has 0 unspecified atom stereocenters. The van der Waals surface area contributed by atoms with E-state index in [-0.39, 0.29) is 5.82 Å². The molecule has 0 saturated carbocycles. The second-order valence-electron chi connectivity index (χ2n) is 5.26. The monoisotopic (exact) mass is 304 g/mol. The van der Waals surface area contributed by atoms with Crippen molar-refractivity contribution in [3.8, 4) is 0 Å². The average molecular weight is 304 g/mol. The van der Waals surface area contributed by atoms with E-state index in [1.165, 1.54) is 6.07 Å². The minimum Gasteiger partial charge on any atom is -0.366 e. The maximum Gasteiger partial charge on any atom is 0.193 e. The van der Waals surface area contributed by atoms with Gasteiger partial charge in [-0.3, -0.25) is 4.99 Å². The van der Waals surface area contributed by atoms with Crippen molar-refractivity contribution < 1.29 is 4.39 Å². The van der Waals surface area contributed by atoms with E-state index in [1.807, 2.05) is 19.1 Å². The molecule has 1 aromatic carbocycles. The third-order valence-electron chi connectivity index (χ3n) is 3.81. The summed E-state index contributed by atoms with van der Waals surface area (Å²) in [4.78, 5) is 8.66. The fourth-order valence-electron chi connectivity index (χ4n) is 2.63. The molecule has 0 aromatic heterocycles. The van der Waals surface area contributed by atoms with E-state index in [4.69, 9.17) is 0 Å². The molecule has 1 aliphatic heterocycles. The minimum atomic E-state index is -0.148. The number of nitrogens with one attached hydrogen (secondary N) is 1. The number of guanidine groups is 1. The zero-order valence-corrected chi connectivity index (χ0v) is 13.4. The molecular weight excluding hydrogens is 279 g/mol. The molecule has 0 bridgehead atoms. The van der Waals surface area contributed by atoms with Crippen LogP contribution in [0.5, 0.6) is 0 Å². The van der Waals surface area contributed by atoms with Crippen LogP contribution in [-0.2, 0) is 0 Å². The lowest BCUT2D eigenvalue weighted by atomic mass is 10.2. The van der Waals surface area contributed by atoms with Crippen LogP contribution in [0.4, 0.5) is 10.1 Å². The van der Waals surface area contributed by atoms with Crippen LogP contribution in [0.3, 0.4) is 0 Å². The van der Waals surface area contributed by atoms with Gasteiger partial charge in [-0.05, 0) is 25.5 Å². The van der Waals surface area contributed by atoms with E-state index in [2.05, 4.69) is 32.3 Å². The summed E-state index contributed by atoms with van der Waals surface area (Å²) in [7, 11) is 1.81. The van der Waals surface area contributed by atoms with Gasteiger partial charge in [0.25, 0.3) is 0 Å². The number of rotatable bonds is 4. The predicted molar refractivity (Wildman–Crippen MR) is 91.0 cm³/mol. The molecule has 1 aromatic rings. The van der Waals surface area contributed by atoms with Crippen molar-refractivity contribution in [3.63, 3.8) is 0 Å². The maximum absolute atomic E-state index is 13.8. The van der Waals surface area contributed by atoms with Crippen molar-refractivity contribution in [1.29, 1.82) is 0 Å². The molecule has 1 fully saturated rings. The Hall–Kier alpha value is -2.04. The highest BCUT2D eigenvalue weighted by Crippen LogP contribution is 2.20. The molecule has 0 amide bonds. The Morgan fingerprint density at radius 1 is 1.27 bits per heavy atom. The van der Waals surface area contributed by atoms with Crippen molar-refractivity contribution in [2.24, 2.45) is 4.99 Å². The van der Waals surface area contributed by atoms with Crippen molar-refractivity contribution in [1.82, 2.24) is 10.2 Å². The molecule has 1 aliphatic rings. The van der Waals surface area contributed by atoms with Gasteiger partial charge in [0.05, 0.1) is 5.69 Å². The highest BCUT2D eigenvalue weighted by atomic mass is 19.1. The predicted octanol–water partition coefficient (Wildman–Crippen LogP) is 2.49. The third kappa shape index (κ3) is 4.23. The molecule has 5 heteroatoms. The fraction of sp³-hybridized carbons (Fsp3) is 0.471. The van der Waals surface area contributed by atoms with Crippen LogP contribution in [-0.4, -0.2) is 50.6 Å². The number of nitrogens with zero attached hydrogens (tertiary/aromatic N) is 3. The Morgan fingerprint density at radius 3 is 2.64 bits per heavy atom. The maximum atomic E-state index is 13.8. The van der Waals surface area contributed by atoms with E-state index in [0.29, 0.717) is 5.69 Å². The van der Waals surface area contributed by atoms with Crippen molar-refractivity contribution in [3.05, 3.63) is 42.2 Å². The summed E-state index contributed by atoms with van der Waals surface area (Å²) >= 11 is 0. The molecule has 1 saturated heterocycles. The summed E-state index contributed by atoms with van der Waals surface area (Å²) in [5.74, 6) is 0.780. The summed E-state index contributed by atoms with van der Waals surface area (Å²) in [6, 6.07) is 6.97. The molecule has 22 heavy (non-hydrogen) atoms. The first kappa shape index (κ1) is 16.3. The number of para-hydroxylation sites is 1. The van der Waals surface area contributed by atoms with Crippen LogP contribution >= 0.6 is 0 Å². The lowest BCUT2D eigenvalue weighted by molar-refractivity contribution is 0.371. The second-order valence-corrected chi connectivity index (χ2v) is 5.26. The molecule has 1 heterocycles. The Morgan fingerprint density at radius 2 is 2.00 bits per heavy atom. The van der Waals surface area contributed by atoms with Crippen LogP contribution in [0, 0.1) is 5.82 Å². The van der Waals surface area contributed by atoms with Crippen LogP contribution < -0.4 is 10.2 Å². The van der Waals surface area contributed by atoms with E-state index in [1.54, 1.807) is 13.1 Å². The average Bonchev–Trinajstić information content (AvgIpc) is 2.56. The van der Waals surface area contributed by atoms with Gasteiger partial charge in [-0.1, -0.05) is 24.3 Å². The number of anilines is 1. The van der Waals surface area contributed by atoms with E-state index < -0.39 is 0 Å². The molecule has 0 atom stereocenters. The van der Waals surface area contributed by atoms with E-state index in [9.17, 15) is 4.39 Å². The first-order chi connectivity index (χ1) is 10.8. The molecule has 0 aliphatic carbocycles. The van der Waals surface area contributed by atoms with Gasteiger partial charge < -0.3 is 15.1 Å². The molecule has 2 rings (SSSR count). The van der Waals surface area contributed by atoms with Crippen molar-refractivity contribution in [2.45, 2.75) is 13.3 Å². The summed E-state index contributed by atoms with van der Waals surface area (Å²) in [6.07, 6.45) is 5.18.